The van der Waals surface area contributed by atoms with Gasteiger partial charge in [-0.25, -0.2) is 4.98 Å². The molecule has 7 heteroatoms. The van der Waals surface area contributed by atoms with E-state index >= 15 is 0 Å². The molecular formula is C19H20ClN2O3P. The first-order chi connectivity index (χ1) is 12.5. The number of aromatic nitrogens is 1. The lowest BCUT2D eigenvalue weighted by atomic mass is 10.2. The summed E-state index contributed by atoms with van der Waals surface area (Å²) in [5, 5.41) is 1.08. The van der Waals surface area contributed by atoms with Crippen molar-refractivity contribution in [3.05, 3.63) is 59.6 Å². The van der Waals surface area contributed by atoms with Gasteiger partial charge in [0.1, 0.15) is 0 Å². The molecule has 0 saturated heterocycles. The summed E-state index contributed by atoms with van der Waals surface area (Å²) < 4.78 is 25.5. The number of hydrogen-bond acceptors (Lipinski definition) is 5. The molecule has 3 rings (SSSR count). The van der Waals surface area contributed by atoms with Crippen LogP contribution in [0.3, 0.4) is 0 Å². The number of halogens is 1. The van der Waals surface area contributed by atoms with E-state index in [9.17, 15) is 4.57 Å². The fraction of sp³-hybridized carbons (Fsp3) is 0.211. The first-order valence-corrected chi connectivity index (χ1v) is 10.2. The van der Waals surface area contributed by atoms with Gasteiger partial charge in [0, 0.05) is 19.4 Å². The van der Waals surface area contributed by atoms with Crippen molar-refractivity contribution < 1.29 is 13.5 Å². The number of hydrogen-bond donors (Lipinski definition) is 0. The molecule has 1 heterocycles. The van der Waals surface area contributed by atoms with Gasteiger partial charge in [-0.1, -0.05) is 41.9 Å². The molecule has 26 heavy (non-hydrogen) atoms. The third-order valence-corrected chi connectivity index (χ3v) is 6.57. The molecule has 5 nitrogen and oxygen atoms in total. The minimum Gasteiger partial charge on any atom is -0.420 e. The van der Waals surface area contributed by atoms with Crippen molar-refractivity contribution in [1.29, 1.82) is 0 Å². The van der Waals surface area contributed by atoms with E-state index in [4.69, 9.17) is 20.5 Å². The highest BCUT2D eigenvalue weighted by molar-refractivity contribution is 7.74. The van der Waals surface area contributed by atoms with Crippen LogP contribution in [0.25, 0.3) is 11.5 Å². The lowest BCUT2D eigenvalue weighted by Crippen LogP contribution is -2.24. The number of benzene rings is 2. The van der Waals surface area contributed by atoms with Gasteiger partial charge in [0.15, 0.2) is 5.44 Å². The number of anilines is 1. The minimum atomic E-state index is -3.42. The van der Waals surface area contributed by atoms with Crippen molar-refractivity contribution in [2.45, 2.75) is 6.92 Å². The van der Waals surface area contributed by atoms with Gasteiger partial charge in [-0.3, -0.25) is 4.57 Å². The molecule has 0 N–H and O–H groups in total. The van der Waals surface area contributed by atoms with Gasteiger partial charge in [0.25, 0.3) is 7.37 Å². The normalized spacial score (nSPS) is 13.4. The van der Waals surface area contributed by atoms with Crippen molar-refractivity contribution in [2.75, 3.05) is 25.6 Å². The molecule has 2 aromatic carbocycles. The van der Waals surface area contributed by atoms with E-state index in [0.29, 0.717) is 27.7 Å². The van der Waals surface area contributed by atoms with Gasteiger partial charge < -0.3 is 13.8 Å². The number of oxazole rings is 1. The Balaban J connectivity index is 2.22. The van der Waals surface area contributed by atoms with Crippen molar-refractivity contribution in [1.82, 2.24) is 4.98 Å². The zero-order valence-electron chi connectivity index (χ0n) is 14.8. The van der Waals surface area contributed by atoms with Crippen molar-refractivity contribution >= 4 is 35.6 Å². The SMILES string of the molecule is CCOP(=O)(c1ccccc1)c1nc(-c2ccccc2Cl)oc1N(C)C. The monoisotopic (exact) mass is 390 g/mol. The van der Waals surface area contributed by atoms with Gasteiger partial charge in [-0.2, -0.15) is 0 Å². The molecule has 0 spiro atoms. The van der Waals surface area contributed by atoms with Gasteiger partial charge in [-0.15, -0.1) is 0 Å². The van der Waals surface area contributed by atoms with Gasteiger partial charge in [-0.05, 0) is 31.2 Å². The molecule has 1 aromatic heterocycles. The van der Waals surface area contributed by atoms with Crippen molar-refractivity contribution in [3.63, 3.8) is 0 Å². The van der Waals surface area contributed by atoms with Crippen molar-refractivity contribution in [2.24, 2.45) is 0 Å². The highest BCUT2D eigenvalue weighted by Crippen LogP contribution is 2.47. The second-order valence-electron chi connectivity index (χ2n) is 5.83. The molecule has 0 aliphatic heterocycles. The molecule has 0 amide bonds. The van der Waals surface area contributed by atoms with Crippen LogP contribution in [-0.2, 0) is 9.09 Å². The Morgan fingerprint density at radius 1 is 1.12 bits per heavy atom. The molecular weight excluding hydrogens is 371 g/mol. The van der Waals surface area contributed by atoms with Crippen LogP contribution in [-0.4, -0.2) is 25.7 Å². The Hall–Kier alpha value is -2.07. The molecule has 0 radical (unpaired) electrons. The van der Waals surface area contributed by atoms with Gasteiger partial charge in [0.05, 0.1) is 17.2 Å². The van der Waals surface area contributed by atoms with E-state index in [-0.39, 0.29) is 12.0 Å². The van der Waals surface area contributed by atoms with E-state index in [1.54, 1.807) is 30.0 Å². The van der Waals surface area contributed by atoms with Crippen LogP contribution in [0, 0.1) is 0 Å². The summed E-state index contributed by atoms with van der Waals surface area (Å²) in [6, 6.07) is 16.3. The van der Waals surface area contributed by atoms with Crippen LogP contribution in [0.15, 0.2) is 59.0 Å². The molecule has 0 fully saturated rings. The maximum absolute atomic E-state index is 13.9. The fourth-order valence-electron chi connectivity index (χ4n) is 2.60. The first kappa shape index (κ1) is 18.7. The van der Waals surface area contributed by atoms with E-state index in [1.807, 2.05) is 50.5 Å². The molecule has 0 aliphatic carbocycles. The van der Waals surface area contributed by atoms with Gasteiger partial charge >= 0.3 is 0 Å². The third-order valence-electron chi connectivity index (χ3n) is 3.79. The summed E-state index contributed by atoms with van der Waals surface area (Å²) in [6.45, 7) is 2.09. The van der Waals surface area contributed by atoms with Crippen LogP contribution in [0.5, 0.6) is 0 Å². The summed E-state index contributed by atoms with van der Waals surface area (Å²) in [6.07, 6.45) is 0. The van der Waals surface area contributed by atoms with Gasteiger partial charge in [0.2, 0.25) is 11.8 Å². The lowest BCUT2D eigenvalue weighted by molar-refractivity contribution is 0.347. The van der Waals surface area contributed by atoms with E-state index in [2.05, 4.69) is 4.98 Å². The quantitative estimate of drug-likeness (QED) is 0.586. The highest BCUT2D eigenvalue weighted by atomic mass is 35.5. The van der Waals surface area contributed by atoms with Crippen molar-refractivity contribution in [3.8, 4) is 11.5 Å². The minimum absolute atomic E-state index is 0.283. The lowest BCUT2D eigenvalue weighted by Gasteiger charge is -2.18. The van der Waals surface area contributed by atoms with E-state index < -0.39 is 7.37 Å². The van der Waals surface area contributed by atoms with Crippen LogP contribution >= 0.6 is 19.0 Å². The summed E-state index contributed by atoms with van der Waals surface area (Å²) in [5.41, 5.74) is 0.921. The molecule has 0 saturated carbocycles. The first-order valence-electron chi connectivity index (χ1n) is 8.21. The Bertz CT molecular complexity index is 941. The largest absolute Gasteiger partial charge is 0.420 e. The Kier molecular flexibility index (Phi) is 5.52. The van der Waals surface area contributed by atoms with Crippen LogP contribution in [0.4, 0.5) is 5.88 Å². The smallest absolute Gasteiger partial charge is 0.284 e. The zero-order valence-corrected chi connectivity index (χ0v) is 16.5. The number of nitrogens with zero attached hydrogens (tertiary/aromatic N) is 2. The average Bonchev–Trinajstić information content (AvgIpc) is 3.09. The average molecular weight is 391 g/mol. The van der Waals surface area contributed by atoms with E-state index in [0.717, 1.165) is 0 Å². The Morgan fingerprint density at radius 2 is 1.77 bits per heavy atom. The maximum Gasteiger partial charge on any atom is 0.284 e. The maximum atomic E-state index is 13.9. The highest BCUT2D eigenvalue weighted by Gasteiger charge is 2.37. The van der Waals surface area contributed by atoms with Crippen LogP contribution in [0.1, 0.15) is 6.92 Å². The molecule has 3 aromatic rings. The van der Waals surface area contributed by atoms with Crippen LogP contribution in [0.2, 0.25) is 5.02 Å². The third kappa shape index (κ3) is 3.43. The van der Waals surface area contributed by atoms with Crippen LogP contribution < -0.4 is 15.6 Å². The molecule has 1 unspecified atom stereocenters. The molecule has 1 atom stereocenters. The second-order valence-corrected chi connectivity index (χ2v) is 8.54. The summed E-state index contributed by atoms with van der Waals surface area (Å²) in [4.78, 5) is 6.28. The predicted octanol–water partition coefficient (Wildman–Crippen LogP) is 4.33. The Morgan fingerprint density at radius 3 is 2.38 bits per heavy atom. The summed E-state index contributed by atoms with van der Waals surface area (Å²) >= 11 is 6.28. The standard InChI is InChI=1S/C19H20ClN2O3P/c1-4-24-26(23,14-10-6-5-7-11-14)18-19(22(2)3)25-17(21-18)15-12-8-9-13-16(15)20/h5-13H,4H2,1-3H3. The Labute approximate surface area is 158 Å². The second kappa shape index (κ2) is 7.67. The summed E-state index contributed by atoms with van der Waals surface area (Å²) in [7, 11) is 0.195. The molecule has 136 valence electrons. The molecule has 0 aliphatic rings. The molecule has 0 bridgehead atoms. The fourth-order valence-corrected chi connectivity index (χ4v) is 4.98. The zero-order chi connectivity index (χ0) is 18.7. The predicted molar refractivity (Wildman–Crippen MR) is 106 cm³/mol. The van der Waals surface area contributed by atoms with E-state index in [1.165, 1.54) is 0 Å². The number of rotatable bonds is 6. The summed E-state index contributed by atoms with van der Waals surface area (Å²) in [5.74, 6) is 0.700. The topological polar surface area (TPSA) is 55.6 Å².